The fraction of sp³-hybridized carbons (Fsp3) is 0.182. The monoisotopic (exact) mass is 275 g/mol. The van der Waals surface area contributed by atoms with Crippen LogP contribution in [0.5, 0.6) is 5.75 Å². The molecule has 18 heavy (non-hydrogen) atoms. The van der Waals surface area contributed by atoms with Gasteiger partial charge in [-0.15, -0.1) is 11.3 Å². The minimum Gasteiger partial charge on any atom is -0.504 e. The van der Waals surface area contributed by atoms with E-state index in [0.29, 0.717) is 17.3 Å². The molecule has 0 unspecified atom stereocenters. The first kappa shape index (κ1) is 12.7. The molecule has 7 heteroatoms. The number of fused-ring (bicyclic) bond motifs is 1. The predicted molar refractivity (Wildman–Crippen MR) is 62.8 cm³/mol. The summed E-state index contributed by atoms with van der Waals surface area (Å²) in [6.45, 7) is 0. The van der Waals surface area contributed by atoms with Gasteiger partial charge in [-0.25, -0.2) is 4.98 Å². The second kappa shape index (κ2) is 4.49. The summed E-state index contributed by atoms with van der Waals surface area (Å²) in [6, 6.07) is 5.01. The van der Waals surface area contributed by atoms with Crippen LogP contribution in [0.3, 0.4) is 0 Å². The number of benzene rings is 1. The highest BCUT2D eigenvalue weighted by molar-refractivity contribution is 7.19. The van der Waals surface area contributed by atoms with Gasteiger partial charge in [0, 0.05) is 12.1 Å². The van der Waals surface area contributed by atoms with Gasteiger partial charge < -0.3 is 9.84 Å². The number of alkyl halides is 3. The Morgan fingerprint density at radius 3 is 2.78 bits per heavy atom. The number of thiazole rings is 1. The van der Waals surface area contributed by atoms with E-state index in [4.69, 9.17) is 9.84 Å². The lowest BCUT2D eigenvalue weighted by atomic mass is 10.3. The van der Waals surface area contributed by atoms with Crippen LogP contribution < -0.4 is 4.74 Å². The third kappa shape index (κ3) is 2.56. The molecular weight excluding hydrogens is 267 g/mol. The molecule has 1 aromatic carbocycles. The fourth-order valence-corrected chi connectivity index (χ4v) is 2.20. The molecule has 1 N–H and O–H groups in total. The lowest BCUT2D eigenvalue weighted by Crippen LogP contribution is -2.10. The van der Waals surface area contributed by atoms with Crippen LogP contribution >= 0.6 is 11.3 Å². The van der Waals surface area contributed by atoms with Gasteiger partial charge in [-0.05, 0) is 12.1 Å². The van der Waals surface area contributed by atoms with E-state index in [1.165, 1.54) is 7.11 Å². The molecule has 0 saturated carbocycles. The van der Waals surface area contributed by atoms with Crippen molar-refractivity contribution in [2.75, 3.05) is 7.11 Å². The Hall–Kier alpha value is -1.76. The molecule has 0 aliphatic heterocycles. The highest BCUT2D eigenvalue weighted by Crippen LogP contribution is 2.30. The molecule has 0 aliphatic carbocycles. The van der Waals surface area contributed by atoms with Crippen molar-refractivity contribution in [3.8, 4) is 5.75 Å². The average molecular weight is 275 g/mol. The molecule has 0 spiro atoms. The molecule has 0 saturated heterocycles. The van der Waals surface area contributed by atoms with Crippen LogP contribution in [0.15, 0.2) is 24.0 Å². The maximum absolute atomic E-state index is 12.1. The second-order valence-electron chi connectivity index (χ2n) is 3.41. The van der Waals surface area contributed by atoms with E-state index < -0.39 is 11.9 Å². The smallest absolute Gasteiger partial charge is 0.448 e. The molecule has 0 atom stereocenters. The Labute approximate surface area is 104 Å². The Kier molecular flexibility index (Phi) is 3.16. The minimum absolute atomic E-state index is 0.0908. The van der Waals surface area contributed by atoms with Gasteiger partial charge in [-0.3, -0.25) is 0 Å². The first-order valence-corrected chi connectivity index (χ1v) is 5.64. The van der Waals surface area contributed by atoms with Crippen molar-refractivity contribution in [1.82, 2.24) is 4.98 Å². The SMILES string of the molecule is COc1ccc2sc(/C=C(\O)C(F)(F)F)nc2c1. The summed E-state index contributed by atoms with van der Waals surface area (Å²) in [4.78, 5) is 3.98. The van der Waals surface area contributed by atoms with Crippen molar-refractivity contribution in [2.45, 2.75) is 6.18 Å². The van der Waals surface area contributed by atoms with Crippen LogP contribution in [0.25, 0.3) is 16.3 Å². The zero-order valence-electron chi connectivity index (χ0n) is 9.15. The van der Waals surface area contributed by atoms with E-state index in [1.54, 1.807) is 18.2 Å². The van der Waals surface area contributed by atoms with E-state index in [1.807, 2.05) is 0 Å². The number of aromatic nitrogens is 1. The first-order chi connectivity index (χ1) is 8.40. The van der Waals surface area contributed by atoms with Crippen molar-refractivity contribution < 1.29 is 23.0 Å². The number of ether oxygens (including phenoxy) is 1. The highest BCUT2D eigenvalue weighted by atomic mass is 32.1. The number of allylic oxidation sites excluding steroid dienone is 1. The van der Waals surface area contributed by atoms with Crippen molar-refractivity contribution in [3.63, 3.8) is 0 Å². The van der Waals surface area contributed by atoms with Gasteiger partial charge in [0.2, 0.25) is 5.76 Å². The van der Waals surface area contributed by atoms with Crippen LogP contribution in [-0.2, 0) is 0 Å². The summed E-state index contributed by atoms with van der Waals surface area (Å²) < 4.78 is 42.1. The topological polar surface area (TPSA) is 42.4 Å². The average Bonchev–Trinajstić information content (AvgIpc) is 2.68. The van der Waals surface area contributed by atoms with E-state index in [0.717, 1.165) is 16.0 Å². The summed E-state index contributed by atoms with van der Waals surface area (Å²) in [7, 11) is 1.49. The van der Waals surface area contributed by atoms with Gasteiger partial charge in [-0.1, -0.05) is 0 Å². The largest absolute Gasteiger partial charge is 0.504 e. The first-order valence-electron chi connectivity index (χ1n) is 4.82. The number of rotatable bonds is 2. The standard InChI is InChI=1S/C11H8F3NO2S/c1-17-6-2-3-8-7(4-6)15-10(18-8)5-9(16)11(12,13)14/h2-5,16H,1H3/b9-5-. The molecule has 2 rings (SSSR count). The molecule has 2 aromatic rings. The van der Waals surface area contributed by atoms with E-state index in [-0.39, 0.29) is 5.01 Å². The maximum atomic E-state index is 12.1. The predicted octanol–water partition coefficient (Wildman–Crippen LogP) is 3.77. The Morgan fingerprint density at radius 2 is 2.17 bits per heavy atom. The number of methoxy groups -OCH3 is 1. The summed E-state index contributed by atoms with van der Waals surface area (Å²) in [5.41, 5.74) is 0.528. The Bertz CT molecular complexity index is 604. The maximum Gasteiger partial charge on any atom is 0.448 e. The normalized spacial score (nSPS) is 13.0. The van der Waals surface area contributed by atoms with Crippen molar-refractivity contribution >= 4 is 27.6 Å². The van der Waals surface area contributed by atoms with E-state index in [2.05, 4.69) is 4.98 Å². The number of aliphatic hydroxyl groups excluding tert-OH is 1. The fourth-order valence-electron chi connectivity index (χ4n) is 1.31. The third-order valence-corrected chi connectivity index (χ3v) is 3.15. The van der Waals surface area contributed by atoms with Crippen molar-refractivity contribution in [1.29, 1.82) is 0 Å². The van der Waals surface area contributed by atoms with Crippen LogP contribution in [0.4, 0.5) is 13.2 Å². The minimum atomic E-state index is -4.75. The van der Waals surface area contributed by atoms with E-state index >= 15 is 0 Å². The number of aliphatic hydroxyl groups is 1. The lowest BCUT2D eigenvalue weighted by molar-refractivity contribution is -0.119. The van der Waals surface area contributed by atoms with Crippen molar-refractivity contribution in [3.05, 3.63) is 29.0 Å². The highest BCUT2D eigenvalue weighted by Gasteiger charge is 2.33. The number of hydrogen-bond donors (Lipinski definition) is 1. The van der Waals surface area contributed by atoms with Crippen LogP contribution in [0.2, 0.25) is 0 Å². The van der Waals surface area contributed by atoms with Crippen LogP contribution in [0, 0.1) is 0 Å². The van der Waals surface area contributed by atoms with Gasteiger partial charge in [0.1, 0.15) is 10.8 Å². The van der Waals surface area contributed by atoms with Gasteiger partial charge in [0.15, 0.2) is 0 Å². The molecule has 0 aliphatic rings. The van der Waals surface area contributed by atoms with Crippen LogP contribution in [-0.4, -0.2) is 23.4 Å². The zero-order valence-corrected chi connectivity index (χ0v) is 9.97. The molecule has 0 fully saturated rings. The molecule has 96 valence electrons. The van der Waals surface area contributed by atoms with Gasteiger partial charge in [0.25, 0.3) is 0 Å². The Morgan fingerprint density at radius 1 is 1.44 bits per heavy atom. The molecular formula is C11H8F3NO2S. The molecule has 0 radical (unpaired) electrons. The summed E-state index contributed by atoms with van der Waals surface area (Å²) >= 11 is 1.06. The van der Waals surface area contributed by atoms with Gasteiger partial charge in [-0.2, -0.15) is 13.2 Å². The molecule has 3 nitrogen and oxygen atoms in total. The van der Waals surface area contributed by atoms with Crippen molar-refractivity contribution in [2.24, 2.45) is 0 Å². The molecule has 0 bridgehead atoms. The zero-order chi connectivity index (χ0) is 13.3. The summed E-state index contributed by atoms with van der Waals surface area (Å²) in [6.07, 6.45) is -4.15. The quantitative estimate of drug-likeness (QED) is 0.848. The second-order valence-corrected chi connectivity index (χ2v) is 4.48. The lowest BCUT2D eigenvalue weighted by Gasteiger charge is -2.02. The molecule has 0 amide bonds. The number of nitrogens with zero attached hydrogens (tertiary/aromatic N) is 1. The molecule has 1 heterocycles. The van der Waals surface area contributed by atoms with Gasteiger partial charge in [0.05, 0.1) is 17.3 Å². The van der Waals surface area contributed by atoms with Gasteiger partial charge >= 0.3 is 6.18 Å². The number of hydrogen-bond acceptors (Lipinski definition) is 4. The van der Waals surface area contributed by atoms with Crippen LogP contribution in [0.1, 0.15) is 5.01 Å². The Balaban J connectivity index is 2.42. The third-order valence-electron chi connectivity index (χ3n) is 2.16. The summed E-state index contributed by atoms with van der Waals surface area (Å²) in [5, 5.41) is 8.93. The summed E-state index contributed by atoms with van der Waals surface area (Å²) in [5.74, 6) is -1.09. The van der Waals surface area contributed by atoms with E-state index in [9.17, 15) is 13.2 Å². The molecule has 1 aromatic heterocycles. The number of halogens is 3.